The molecule has 0 atom stereocenters. The molecule has 0 aliphatic rings. The number of hydrogen-bond donors (Lipinski definition) is 1. The molecule has 0 saturated heterocycles. The molecular formula is C16H13ClN2O. The lowest BCUT2D eigenvalue weighted by molar-refractivity contribution is 1.01. The number of nitrogens with two attached hydrogens (primary N) is 1. The average Bonchev–Trinajstić information content (AvgIpc) is 2.47. The van der Waals surface area contributed by atoms with Gasteiger partial charge in [0.15, 0.2) is 0 Å². The normalized spacial score (nSPS) is 10.8. The molecule has 1 heterocycles. The predicted octanol–water partition coefficient (Wildman–Crippen LogP) is 3.31. The van der Waals surface area contributed by atoms with Gasteiger partial charge in [-0.3, -0.25) is 9.36 Å². The average molecular weight is 285 g/mol. The highest BCUT2D eigenvalue weighted by Gasteiger charge is 2.10. The summed E-state index contributed by atoms with van der Waals surface area (Å²) in [4.78, 5) is 12.5. The third kappa shape index (κ3) is 2.06. The molecule has 0 bridgehead atoms. The van der Waals surface area contributed by atoms with E-state index in [9.17, 15) is 4.79 Å². The second-order valence-corrected chi connectivity index (χ2v) is 4.86. The first-order chi connectivity index (χ1) is 9.70. The quantitative estimate of drug-likeness (QED) is 0.580. The van der Waals surface area contributed by atoms with Crippen LogP contribution in [0.15, 0.2) is 59.4 Å². The van der Waals surface area contributed by atoms with Crippen molar-refractivity contribution in [3.8, 4) is 5.69 Å². The molecule has 20 heavy (non-hydrogen) atoms. The van der Waals surface area contributed by atoms with E-state index in [2.05, 4.69) is 0 Å². The highest BCUT2D eigenvalue weighted by atomic mass is 35.5. The molecule has 0 unspecified atom stereocenters. The maximum absolute atomic E-state index is 12.5. The van der Waals surface area contributed by atoms with Crippen LogP contribution < -0.4 is 11.3 Å². The van der Waals surface area contributed by atoms with Crippen LogP contribution in [-0.4, -0.2) is 4.57 Å². The van der Waals surface area contributed by atoms with E-state index in [1.54, 1.807) is 16.7 Å². The third-order valence-corrected chi connectivity index (χ3v) is 3.55. The minimum atomic E-state index is -0.0940. The van der Waals surface area contributed by atoms with Gasteiger partial charge in [-0.05, 0) is 36.4 Å². The van der Waals surface area contributed by atoms with Crippen molar-refractivity contribution in [3.05, 3.63) is 70.5 Å². The number of rotatable bonds is 2. The first-order valence-corrected chi connectivity index (χ1v) is 6.80. The maximum atomic E-state index is 12.5. The molecule has 100 valence electrons. The van der Waals surface area contributed by atoms with Crippen LogP contribution >= 0.6 is 11.6 Å². The van der Waals surface area contributed by atoms with Crippen LogP contribution in [0, 0.1) is 0 Å². The van der Waals surface area contributed by atoms with Crippen molar-refractivity contribution in [3.63, 3.8) is 0 Å². The fraction of sp³-hybridized carbons (Fsp3) is 0.0625. The molecule has 3 aromatic rings. The van der Waals surface area contributed by atoms with Gasteiger partial charge in [0, 0.05) is 22.3 Å². The van der Waals surface area contributed by atoms with Gasteiger partial charge in [0.1, 0.15) is 0 Å². The first-order valence-electron chi connectivity index (χ1n) is 6.26. The van der Waals surface area contributed by atoms with Crippen LogP contribution in [0.4, 0.5) is 5.69 Å². The van der Waals surface area contributed by atoms with Crippen LogP contribution in [0.1, 0.15) is 5.56 Å². The maximum Gasteiger partial charge on any atom is 0.260 e. The second-order valence-electron chi connectivity index (χ2n) is 4.60. The summed E-state index contributed by atoms with van der Waals surface area (Å²) in [6.45, 7) is 0. The first kappa shape index (κ1) is 12.8. The van der Waals surface area contributed by atoms with Crippen LogP contribution in [0.3, 0.4) is 0 Å². The van der Waals surface area contributed by atoms with E-state index in [4.69, 9.17) is 17.3 Å². The summed E-state index contributed by atoms with van der Waals surface area (Å²) in [5, 5.41) is 0.907. The minimum Gasteiger partial charge on any atom is -0.399 e. The van der Waals surface area contributed by atoms with E-state index in [1.807, 2.05) is 42.5 Å². The van der Waals surface area contributed by atoms with E-state index in [0.717, 1.165) is 16.6 Å². The van der Waals surface area contributed by atoms with Crippen LogP contribution in [0.5, 0.6) is 0 Å². The van der Waals surface area contributed by atoms with Gasteiger partial charge in [-0.25, -0.2) is 0 Å². The van der Waals surface area contributed by atoms with Crippen molar-refractivity contribution < 1.29 is 0 Å². The number of benzene rings is 2. The van der Waals surface area contributed by atoms with Crippen LogP contribution in [0.2, 0.25) is 0 Å². The molecule has 0 aliphatic heterocycles. The van der Waals surface area contributed by atoms with Crippen LogP contribution in [-0.2, 0) is 5.88 Å². The Hall–Kier alpha value is -2.26. The van der Waals surface area contributed by atoms with Gasteiger partial charge in [0.25, 0.3) is 5.56 Å². The van der Waals surface area contributed by atoms with E-state index >= 15 is 0 Å². The van der Waals surface area contributed by atoms with Gasteiger partial charge >= 0.3 is 0 Å². The highest BCUT2D eigenvalue weighted by Crippen LogP contribution is 2.20. The molecule has 3 nitrogen and oxygen atoms in total. The smallest absolute Gasteiger partial charge is 0.260 e. The Bertz CT molecular complexity index is 825. The zero-order chi connectivity index (χ0) is 14.1. The van der Waals surface area contributed by atoms with Crippen molar-refractivity contribution in [2.75, 3.05) is 5.73 Å². The van der Waals surface area contributed by atoms with Crippen molar-refractivity contribution >= 4 is 28.2 Å². The number of halogens is 1. The largest absolute Gasteiger partial charge is 0.399 e. The molecule has 2 aromatic carbocycles. The number of aromatic nitrogens is 1. The van der Waals surface area contributed by atoms with Crippen molar-refractivity contribution in [1.29, 1.82) is 0 Å². The number of anilines is 1. The lowest BCUT2D eigenvalue weighted by Crippen LogP contribution is -2.22. The number of nitrogens with zero attached hydrogens (tertiary/aromatic N) is 1. The lowest BCUT2D eigenvalue weighted by Gasteiger charge is -2.12. The Morgan fingerprint density at radius 3 is 2.50 bits per heavy atom. The number of pyridine rings is 1. The Kier molecular flexibility index (Phi) is 3.20. The summed E-state index contributed by atoms with van der Waals surface area (Å²) >= 11 is 5.89. The summed E-state index contributed by atoms with van der Waals surface area (Å²) < 4.78 is 1.67. The van der Waals surface area contributed by atoms with Gasteiger partial charge in [-0.1, -0.05) is 18.2 Å². The molecule has 3 rings (SSSR count). The summed E-state index contributed by atoms with van der Waals surface area (Å²) in [6.07, 6.45) is 0. The number of nitrogen functional groups attached to an aromatic ring is 1. The van der Waals surface area contributed by atoms with Crippen molar-refractivity contribution in [2.45, 2.75) is 5.88 Å². The molecule has 0 saturated carbocycles. The Balaban J connectivity index is 2.45. The number of fused-ring (bicyclic) bond motifs is 1. The standard InChI is InChI=1S/C16H13ClN2O/c17-10-12-8-11-9-13(18)6-7-15(11)19(16(12)20)14-4-2-1-3-5-14/h1-9H,10,18H2. The molecule has 4 heteroatoms. The molecular weight excluding hydrogens is 272 g/mol. The fourth-order valence-electron chi connectivity index (χ4n) is 2.32. The van der Waals surface area contributed by atoms with Crippen LogP contribution in [0.25, 0.3) is 16.6 Å². The summed E-state index contributed by atoms with van der Waals surface area (Å²) in [7, 11) is 0. The van der Waals surface area contributed by atoms with Gasteiger partial charge < -0.3 is 5.73 Å². The molecule has 0 radical (unpaired) electrons. The minimum absolute atomic E-state index is 0.0940. The number of alkyl halides is 1. The molecule has 0 fully saturated rings. The molecule has 2 N–H and O–H groups in total. The lowest BCUT2D eigenvalue weighted by atomic mass is 10.1. The predicted molar refractivity (Wildman–Crippen MR) is 83.5 cm³/mol. The monoisotopic (exact) mass is 284 g/mol. The second kappa shape index (κ2) is 5.02. The zero-order valence-corrected chi connectivity index (χ0v) is 11.5. The number of hydrogen-bond acceptors (Lipinski definition) is 2. The molecule has 1 aromatic heterocycles. The Morgan fingerprint density at radius 1 is 1.05 bits per heavy atom. The number of para-hydroxylation sites is 1. The van der Waals surface area contributed by atoms with Gasteiger partial charge in [0.2, 0.25) is 0 Å². The van der Waals surface area contributed by atoms with E-state index < -0.39 is 0 Å². The van der Waals surface area contributed by atoms with E-state index in [1.165, 1.54) is 0 Å². The summed E-state index contributed by atoms with van der Waals surface area (Å²) in [5.41, 5.74) is 8.60. The van der Waals surface area contributed by atoms with E-state index in [-0.39, 0.29) is 11.4 Å². The van der Waals surface area contributed by atoms with Crippen molar-refractivity contribution in [1.82, 2.24) is 4.57 Å². The highest BCUT2D eigenvalue weighted by molar-refractivity contribution is 6.17. The third-order valence-electron chi connectivity index (χ3n) is 3.26. The van der Waals surface area contributed by atoms with E-state index in [0.29, 0.717) is 11.3 Å². The van der Waals surface area contributed by atoms with Crippen molar-refractivity contribution in [2.24, 2.45) is 0 Å². The SMILES string of the molecule is Nc1ccc2c(c1)cc(CCl)c(=O)n2-c1ccccc1. The zero-order valence-electron chi connectivity index (χ0n) is 10.7. The van der Waals surface area contributed by atoms with Gasteiger partial charge in [-0.15, -0.1) is 11.6 Å². The molecule has 0 aliphatic carbocycles. The fourth-order valence-corrected chi connectivity index (χ4v) is 2.52. The molecule has 0 amide bonds. The molecule has 0 spiro atoms. The van der Waals surface area contributed by atoms with Gasteiger partial charge in [-0.2, -0.15) is 0 Å². The summed E-state index contributed by atoms with van der Waals surface area (Å²) in [6, 6.07) is 16.8. The topological polar surface area (TPSA) is 48.0 Å². The van der Waals surface area contributed by atoms with Gasteiger partial charge in [0.05, 0.1) is 11.4 Å². The summed E-state index contributed by atoms with van der Waals surface area (Å²) in [5.74, 6) is 0.177. The Labute approximate surface area is 121 Å². The Morgan fingerprint density at radius 2 is 1.80 bits per heavy atom.